The van der Waals surface area contributed by atoms with Gasteiger partial charge in [0.05, 0.1) is 6.61 Å². The lowest BCUT2D eigenvalue weighted by Gasteiger charge is -2.17. The van der Waals surface area contributed by atoms with Crippen LogP contribution >= 0.6 is 0 Å². The molecule has 0 aromatic heterocycles. The van der Waals surface area contributed by atoms with Crippen molar-refractivity contribution in [2.45, 2.75) is 31.5 Å². The van der Waals surface area contributed by atoms with E-state index in [0.29, 0.717) is 25.2 Å². The molecular formula is C15H18N2O4. The molecule has 21 heavy (non-hydrogen) atoms. The summed E-state index contributed by atoms with van der Waals surface area (Å²) < 4.78 is 11.0. The minimum Gasteiger partial charge on any atom is -0.488 e. The molecule has 0 bridgehead atoms. The van der Waals surface area contributed by atoms with E-state index in [1.807, 2.05) is 24.3 Å². The molecule has 1 aromatic carbocycles. The van der Waals surface area contributed by atoms with Crippen LogP contribution in [0.15, 0.2) is 24.3 Å². The maximum absolute atomic E-state index is 11.7. The Morgan fingerprint density at radius 3 is 2.67 bits per heavy atom. The minimum absolute atomic E-state index is 0.164. The number of amides is 2. The zero-order chi connectivity index (χ0) is 14.8. The molecule has 2 heterocycles. The van der Waals surface area contributed by atoms with Gasteiger partial charge in [-0.3, -0.25) is 9.59 Å². The molecule has 2 unspecified atom stereocenters. The number of carbonyl (C=O) groups excluding carboxylic acids is 2. The van der Waals surface area contributed by atoms with Gasteiger partial charge in [0.25, 0.3) is 0 Å². The fraction of sp³-hybridized carbons (Fsp3) is 0.467. The number of carbonyl (C=O) groups is 2. The molecular weight excluding hydrogens is 272 g/mol. The molecule has 2 aliphatic rings. The van der Waals surface area contributed by atoms with Gasteiger partial charge in [0, 0.05) is 25.1 Å². The Kier molecular flexibility index (Phi) is 3.79. The summed E-state index contributed by atoms with van der Waals surface area (Å²) in [6.45, 7) is 1.13. The van der Waals surface area contributed by atoms with E-state index in [9.17, 15) is 9.59 Å². The first-order valence-electron chi connectivity index (χ1n) is 7.11. The predicted octanol–water partition coefficient (Wildman–Crippen LogP) is 0.835. The Bertz CT molecular complexity index is 543. The van der Waals surface area contributed by atoms with E-state index in [-0.39, 0.29) is 12.0 Å². The molecule has 0 spiro atoms. The lowest BCUT2D eigenvalue weighted by Crippen LogP contribution is -2.28. The summed E-state index contributed by atoms with van der Waals surface area (Å²) in [7, 11) is 0. The zero-order valence-corrected chi connectivity index (χ0v) is 11.7. The minimum atomic E-state index is -0.559. The highest BCUT2D eigenvalue weighted by atomic mass is 16.6. The first-order valence-corrected chi connectivity index (χ1v) is 7.11. The molecule has 2 atom stereocenters. The van der Waals surface area contributed by atoms with Gasteiger partial charge >= 0.3 is 0 Å². The van der Waals surface area contributed by atoms with Crippen molar-refractivity contribution in [3.8, 4) is 5.75 Å². The molecule has 6 heteroatoms. The van der Waals surface area contributed by atoms with Gasteiger partial charge in [-0.2, -0.15) is 0 Å². The topological polar surface area (TPSA) is 81.9 Å². The molecule has 6 nitrogen and oxygen atoms in total. The number of hydrogen-bond donors (Lipinski definition) is 1. The van der Waals surface area contributed by atoms with Crippen LogP contribution in [0.25, 0.3) is 0 Å². The molecule has 2 aliphatic heterocycles. The summed E-state index contributed by atoms with van der Waals surface area (Å²) in [5, 5.41) is 0. The molecule has 3 rings (SSSR count). The molecule has 0 radical (unpaired) electrons. The monoisotopic (exact) mass is 290 g/mol. The van der Waals surface area contributed by atoms with Gasteiger partial charge in [-0.15, -0.1) is 0 Å². The fourth-order valence-electron chi connectivity index (χ4n) is 2.70. The van der Waals surface area contributed by atoms with E-state index in [0.717, 1.165) is 18.7 Å². The first kappa shape index (κ1) is 13.9. The number of hydrogen-bond acceptors (Lipinski definition) is 4. The van der Waals surface area contributed by atoms with Crippen LogP contribution in [-0.2, 0) is 14.3 Å². The van der Waals surface area contributed by atoms with Gasteiger partial charge in [0.15, 0.2) is 0 Å². The first-order chi connectivity index (χ1) is 10.1. The van der Waals surface area contributed by atoms with Crippen LogP contribution in [0.2, 0.25) is 0 Å². The average Bonchev–Trinajstić information content (AvgIpc) is 3.09. The van der Waals surface area contributed by atoms with Crippen LogP contribution in [0.1, 0.15) is 19.3 Å². The Morgan fingerprint density at radius 1 is 1.33 bits per heavy atom. The van der Waals surface area contributed by atoms with Gasteiger partial charge in [-0.25, -0.2) is 0 Å². The second kappa shape index (κ2) is 5.73. The Labute approximate surface area is 122 Å². The van der Waals surface area contributed by atoms with Crippen molar-refractivity contribution in [1.82, 2.24) is 0 Å². The van der Waals surface area contributed by atoms with Crippen LogP contribution in [0, 0.1) is 0 Å². The number of nitrogens with zero attached hydrogens (tertiary/aromatic N) is 1. The van der Waals surface area contributed by atoms with Crippen LogP contribution < -0.4 is 15.4 Å². The van der Waals surface area contributed by atoms with Crippen molar-refractivity contribution >= 4 is 17.5 Å². The standard InChI is InChI=1S/C15H18N2O4/c16-15(19)13-8-12(9-20-13)21-11-5-3-10(4-6-11)17-7-1-2-14(17)18/h3-6,12-13H,1-2,7-9H2,(H2,16,19). The number of ether oxygens (including phenoxy) is 2. The Hall–Kier alpha value is -2.08. The summed E-state index contributed by atoms with van der Waals surface area (Å²) in [5.74, 6) is 0.408. The highest BCUT2D eigenvalue weighted by Gasteiger charge is 2.30. The fourth-order valence-corrected chi connectivity index (χ4v) is 2.70. The number of benzene rings is 1. The second-order valence-electron chi connectivity index (χ2n) is 5.34. The zero-order valence-electron chi connectivity index (χ0n) is 11.7. The summed E-state index contributed by atoms with van der Waals surface area (Å²) in [6, 6.07) is 7.41. The maximum Gasteiger partial charge on any atom is 0.246 e. The van der Waals surface area contributed by atoms with Crippen LogP contribution in [0.3, 0.4) is 0 Å². The SMILES string of the molecule is NC(=O)C1CC(Oc2ccc(N3CCCC3=O)cc2)CO1. The number of nitrogens with two attached hydrogens (primary N) is 1. The molecule has 112 valence electrons. The third-order valence-corrected chi connectivity index (χ3v) is 3.80. The Balaban J connectivity index is 1.60. The third kappa shape index (κ3) is 3.00. The van der Waals surface area contributed by atoms with Crippen molar-refractivity contribution in [3.05, 3.63) is 24.3 Å². The second-order valence-corrected chi connectivity index (χ2v) is 5.34. The van der Waals surface area contributed by atoms with E-state index in [2.05, 4.69) is 0 Å². The summed E-state index contributed by atoms with van der Waals surface area (Å²) in [5.41, 5.74) is 6.09. The normalized spacial score (nSPS) is 25.3. The van der Waals surface area contributed by atoms with E-state index >= 15 is 0 Å². The lowest BCUT2D eigenvalue weighted by atomic mass is 10.2. The summed E-state index contributed by atoms with van der Waals surface area (Å²) in [4.78, 5) is 24.5. The lowest BCUT2D eigenvalue weighted by molar-refractivity contribution is -0.126. The highest BCUT2D eigenvalue weighted by Crippen LogP contribution is 2.26. The van der Waals surface area contributed by atoms with Gasteiger partial charge in [0.1, 0.15) is 18.0 Å². The van der Waals surface area contributed by atoms with E-state index in [1.54, 1.807) is 4.90 Å². The molecule has 0 aliphatic carbocycles. The van der Waals surface area contributed by atoms with Crippen molar-refractivity contribution in [2.75, 3.05) is 18.1 Å². The van der Waals surface area contributed by atoms with E-state index < -0.39 is 12.0 Å². The molecule has 1 aromatic rings. The van der Waals surface area contributed by atoms with Crippen LogP contribution in [-0.4, -0.2) is 37.2 Å². The van der Waals surface area contributed by atoms with Crippen molar-refractivity contribution in [2.24, 2.45) is 5.73 Å². The number of primary amides is 1. The molecule has 2 N–H and O–H groups in total. The van der Waals surface area contributed by atoms with E-state index in [4.69, 9.17) is 15.2 Å². The van der Waals surface area contributed by atoms with Gasteiger partial charge < -0.3 is 20.1 Å². The van der Waals surface area contributed by atoms with Crippen molar-refractivity contribution in [3.63, 3.8) is 0 Å². The number of anilines is 1. The van der Waals surface area contributed by atoms with Crippen LogP contribution in [0.4, 0.5) is 5.69 Å². The summed E-state index contributed by atoms with van der Waals surface area (Å²) in [6.07, 6.45) is 1.28. The maximum atomic E-state index is 11.7. The third-order valence-electron chi connectivity index (χ3n) is 3.80. The predicted molar refractivity (Wildman–Crippen MR) is 76.0 cm³/mol. The Morgan fingerprint density at radius 2 is 2.10 bits per heavy atom. The van der Waals surface area contributed by atoms with Gasteiger partial charge in [0.2, 0.25) is 11.8 Å². The van der Waals surface area contributed by atoms with Crippen molar-refractivity contribution < 1.29 is 19.1 Å². The molecule has 2 saturated heterocycles. The molecule has 2 fully saturated rings. The number of rotatable bonds is 4. The van der Waals surface area contributed by atoms with Gasteiger partial charge in [-0.05, 0) is 30.7 Å². The smallest absolute Gasteiger partial charge is 0.246 e. The average molecular weight is 290 g/mol. The highest BCUT2D eigenvalue weighted by molar-refractivity contribution is 5.95. The van der Waals surface area contributed by atoms with E-state index in [1.165, 1.54) is 0 Å². The largest absolute Gasteiger partial charge is 0.488 e. The molecule has 2 amide bonds. The quantitative estimate of drug-likeness (QED) is 0.890. The molecule has 0 saturated carbocycles. The van der Waals surface area contributed by atoms with Crippen molar-refractivity contribution in [1.29, 1.82) is 0 Å². The van der Waals surface area contributed by atoms with Crippen LogP contribution in [0.5, 0.6) is 5.75 Å². The summed E-state index contributed by atoms with van der Waals surface area (Å²) >= 11 is 0. The van der Waals surface area contributed by atoms with Gasteiger partial charge in [-0.1, -0.05) is 0 Å².